The van der Waals surface area contributed by atoms with Gasteiger partial charge in [-0.05, 0) is 73.3 Å². The highest BCUT2D eigenvalue weighted by atomic mass is 19.1. The molecule has 0 amide bonds. The first-order valence-corrected chi connectivity index (χ1v) is 13.6. The minimum absolute atomic E-state index is 0.150. The number of pyridine rings is 3. The number of hydrogen-bond acceptors (Lipinski definition) is 6. The van der Waals surface area contributed by atoms with Crippen molar-refractivity contribution in [3.05, 3.63) is 78.5 Å². The molecule has 1 aromatic carbocycles. The van der Waals surface area contributed by atoms with Gasteiger partial charge in [0.05, 0.1) is 22.6 Å². The van der Waals surface area contributed by atoms with E-state index in [4.69, 9.17) is 4.98 Å². The molecule has 5 aromatic heterocycles. The summed E-state index contributed by atoms with van der Waals surface area (Å²) in [6.45, 7) is 1.83. The number of nitrogens with zero attached hydrogens (tertiary/aromatic N) is 4. The third kappa shape index (κ3) is 4.69. The molecule has 6 aromatic rings. The normalized spacial score (nSPS) is 14.0. The number of aromatic nitrogens is 6. The molecule has 4 N–H and O–H groups in total. The lowest BCUT2D eigenvalue weighted by Gasteiger charge is -2.11. The maximum atomic E-state index is 14.0. The van der Waals surface area contributed by atoms with Crippen LogP contribution < -0.4 is 5.32 Å². The van der Waals surface area contributed by atoms with E-state index in [1.165, 1.54) is 37.8 Å². The van der Waals surface area contributed by atoms with Crippen molar-refractivity contribution in [2.24, 2.45) is 5.92 Å². The Hall–Kier alpha value is -4.63. The van der Waals surface area contributed by atoms with Crippen LogP contribution in [0.3, 0.4) is 0 Å². The number of fused-ring (bicyclic) bond motifs is 2. The van der Waals surface area contributed by atoms with Crippen LogP contribution >= 0.6 is 0 Å². The molecule has 40 heavy (non-hydrogen) atoms. The van der Waals surface area contributed by atoms with Gasteiger partial charge in [0.2, 0.25) is 0 Å². The summed E-state index contributed by atoms with van der Waals surface area (Å²) in [5, 5.41) is 21.9. The van der Waals surface area contributed by atoms with E-state index in [1.54, 1.807) is 6.20 Å². The summed E-state index contributed by atoms with van der Waals surface area (Å²) in [6.07, 6.45) is 10.7. The Kier molecular flexibility index (Phi) is 6.20. The van der Waals surface area contributed by atoms with Crippen LogP contribution in [0.2, 0.25) is 0 Å². The Balaban J connectivity index is 1.21. The average Bonchev–Trinajstić information content (AvgIpc) is 3.71. The van der Waals surface area contributed by atoms with Crippen molar-refractivity contribution in [2.75, 3.05) is 6.54 Å². The predicted octanol–water partition coefficient (Wildman–Crippen LogP) is 6.35. The first-order chi connectivity index (χ1) is 19.6. The highest BCUT2D eigenvalue weighted by Crippen LogP contribution is 2.34. The van der Waals surface area contributed by atoms with Crippen molar-refractivity contribution in [2.45, 2.75) is 32.2 Å². The molecular weight excluding hydrogens is 505 g/mol. The quantitative estimate of drug-likeness (QED) is 0.190. The summed E-state index contributed by atoms with van der Waals surface area (Å²) in [4.78, 5) is 17.3. The van der Waals surface area contributed by atoms with E-state index in [0.717, 1.165) is 69.5 Å². The van der Waals surface area contributed by atoms with Gasteiger partial charge in [-0.1, -0.05) is 12.8 Å². The van der Waals surface area contributed by atoms with E-state index in [0.29, 0.717) is 17.0 Å². The van der Waals surface area contributed by atoms with Crippen LogP contribution in [-0.4, -0.2) is 41.8 Å². The molecule has 0 spiro atoms. The highest BCUT2D eigenvalue weighted by Gasteiger charge is 2.17. The molecule has 0 radical (unpaired) electrons. The average molecular weight is 534 g/mol. The Labute approximate surface area is 229 Å². The van der Waals surface area contributed by atoms with Crippen molar-refractivity contribution < 1.29 is 9.50 Å². The van der Waals surface area contributed by atoms with Gasteiger partial charge in [0.15, 0.2) is 0 Å². The fourth-order valence-corrected chi connectivity index (χ4v) is 5.73. The van der Waals surface area contributed by atoms with E-state index in [9.17, 15) is 9.50 Å². The van der Waals surface area contributed by atoms with Crippen LogP contribution in [0, 0.1) is 11.7 Å². The SMILES string of the molecule is Oc1cc(F)cc(-c2nccc3[nH]c(-c4n[nH]c5ccc(-c6cncc(CNCC7CCCC7)c6)nc45)cc23)c1. The molecule has 7 rings (SSSR count). The second kappa shape index (κ2) is 10.2. The second-order valence-corrected chi connectivity index (χ2v) is 10.5. The van der Waals surface area contributed by atoms with Gasteiger partial charge in [-0.2, -0.15) is 5.10 Å². The zero-order valence-corrected chi connectivity index (χ0v) is 21.8. The van der Waals surface area contributed by atoms with Crippen molar-refractivity contribution >= 4 is 21.9 Å². The van der Waals surface area contributed by atoms with Crippen LogP contribution in [0.15, 0.2) is 67.1 Å². The monoisotopic (exact) mass is 533 g/mol. The summed E-state index contributed by atoms with van der Waals surface area (Å²) in [7, 11) is 0. The third-order valence-corrected chi connectivity index (χ3v) is 7.69. The number of phenols is 1. The van der Waals surface area contributed by atoms with Crippen molar-refractivity contribution in [1.82, 2.24) is 35.5 Å². The summed E-state index contributed by atoms with van der Waals surface area (Å²) >= 11 is 0. The number of rotatable bonds is 7. The molecule has 5 heterocycles. The maximum absolute atomic E-state index is 14.0. The van der Waals surface area contributed by atoms with Gasteiger partial charge in [-0.25, -0.2) is 9.37 Å². The lowest BCUT2D eigenvalue weighted by Crippen LogP contribution is -2.20. The van der Waals surface area contributed by atoms with Gasteiger partial charge in [-0.15, -0.1) is 0 Å². The molecule has 1 fully saturated rings. The number of aromatic hydroxyl groups is 1. The van der Waals surface area contributed by atoms with E-state index in [1.807, 2.05) is 36.7 Å². The Bertz CT molecular complexity index is 1820. The first kappa shape index (κ1) is 24.4. The van der Waals surface area contributed by atoms with Crippen molar-refractivity contribution in [3.8, 4) is 39.7 Å². The largest absolute Gasteiger partial charge is 0.508 e. The fourth-order valence-electron chi connectivity index (χ4n) is 5.73. The van der Waals surface area contributed by atoms with Crippen LogP contribution in [0.5, 0.6) is 5.75 Å². The number of phenolic OH excluding ortho intramolecular Hbond substituents is 1. The molecule has 0 saturated heterocycles. The predicted molar refractivity (Wildman–Crippen MR) is 153 cm³/mol. The van der Waals surface area contributed by atoms with Gasteiger partial charge in [0, 0.05) is 53.2 Å². The van der Waals surface area contributed by atoms with Gasteiger partial charge in [-0.3, -0.25) is 15.1 Å². The van der Waals surface area contributed by atoms with Crippen LogP contribution in [0.4, 0.5) is 4.39 Å². The third-order valence-electron chi connectivity index (χ3n) is 7.69. The second-order valence-electron chi connectivity index (χ2n) is 10.5. The molecule has 1 aliphatic rings. The smallest absolute Gasteiger partial charge is 0.135 e. The number of nitrogens with one attached hydrogen (secondary N) is 3. The molecule has 1 aliphatic carbocycles. The van der Waals surface area contributed by atoms with Gasteiger partial charge >= 0.3 is 0 Å². The summed E-state index contributed by atoms with van der Waals surface area (Å²) < 4.78 is 14.0. The number of benzene rings is 1. The van der Waals surface area contributed by atoms with E-state index in [-0.39, 0.29) is 5.75 Å². The fraction of sp³-hybridized carbons (Fsp3) is 0.226. The van der Waals surface area contributed by atoms with E-state index >= 15 is 0 Å². The molecule has 8 nitrogen and oxygen atoms in total. The first-order valence-electron chi connectivity index (χ1n) is 13.6. The van der Waals surface area contributed by atoms with Gasteiger partial charge in [0.25, 0.3) is 0 Å². The Morgan fingerprint density at radius 3 is 2.73 bits per heavy atom. The molecule has 0 bridgehead atoms. The molecule has 0 aliphatic heterocycles. The van der Waals surface area contributed by atoms with Crippen LogP contribution in [-0.2, 0) is 6.54 Å². The van der Waals surface area contributed by atoms with Crippen molar-refractivity contribution in [3.63, 3.8) is 0 Å². The van der Waals surface area contributed by atoms with Crippen LogP contribution in [0.1, 0.15) is 31.2 Å². The number of halogens is 1. The molecule has 1 saturated carbocycles. The number of aromatic amines is 2. The summed E-state index contributed by atoms with van der Waals surface area (Å²) in [5.41, 5.74) is 7.73. The standard InChI is InChI=1S/C31H28FN7O/c32-22-10-20(11-23(40)12-22)29-24-13-28(36-26(24)7-8-35-29)31-30-27(38-39-31)6-5-25(37-30)21-9-19(16-34-17-21)15-33-14-18-3-1-2-4-18/h5-13,16-18,33,36,40H,1-4,14-15H2,(H,38,39). The lowest BCUT2D eigenvalue weighted by molar-refractivity contribution is 0.469. The summed E-state index contributed by atoms with van der Waals surface area (Å²) in [6, 6.07) is 13.8. The molecular formula is C31H28FN7O. The molecule has 9 heteroatoms. The lowest BCUT2D eigenvalue weighted by atomic mass is 10.1. The Morgan fingerprint density at radius 2 is 1.85 bits per heavy atom. The topological polar surface area (TPSA) is 115 Å². The molecule has 0 atom stereocenters. The van der Waals surface area contributed by atoms with Gasteiger partial charge < -0.3 is 15.4 Å². The van der Waals surface area contributed by atoms with E-state index < -0.39 is 5.82 Å². The van der Waals surface area contributed by atoms with Gasteiger partial charge in [0.1, 0.15) is 22.8 Å². The zero-order valence-electron chi connectivity index (χ0n) is 21.8. The number of hydrogen-bond donors (Lipinski definition) is 4. The van der Waals surface area contributed by atoms with Crippen molar-refractivity contribution in [1.29, 1.82) is 0 Å². The zero-order chi connectivity index (χ0) is 27.1. The maximum Gasteiger partial charge on any atom is 0.135 e. The van der Waals surface area contributed by atoms with Crippen LogP contribution in [0.25, 0.3) is 55.8 Å². The van der Waals surface area contributed by atoms with E-state index in [2.05, 4.69) is 36.5 Å². The molecule has 200 valence electrons. The molecule has 0 unspecified atom stereocenters. The Morgan fingerprint density at radius 1 is 0.950 bits per heavy atom. The minimum Gasteiger partial charge on any atom is -0.508 e. The minimum atomic E-state index is -0.525. The summed E-state index contributed by atoms with van der Waals surface area (Å²) in [5.74, 6) is 0.114. The number of H-pyrrole nitrogens is 2. The highest BCUT2D eigenvalue weighted by molar-refractivity contribution is 5.99.